The van der Waals surface area contributed by atoms with Crippen LogP contribution in [-0.4, -0.2) is 47.6 Å². The van der Waals surface area contributed by atoms with E-state index in [0.29, 0.717) is 12.5 Å². The molecule has 5 heteroatoms. The van der Waals surface area contributed by atoms with Crippen LogP contribution < -0.4 is 5.32 Å². The number of carbonyl (C=O) groups is 2. The van der Waals surface area contributed by atoms with Crippen LogP contribution in [0.15, 0.2) is 0 Å². The maximum atomic E-state index is 12.1. The third-order valence-electron chi connectivity index (χ3n) is 4.05. The molecule has 2 atom stereocenters. The van der Waals surface area contributed by atoms with Crippen molar-refractivity contribution in [3.63, 3.8) is 0 Å². The van der Waals surface area contributed by atoms with E-state index in [2.05, 4.69) is 24.1 Å². The molecule has 1 aliphatic heterocycles. The van der Waals surface area contributed by atoms with Crippen molar-refractivity contribution < 1.29 is 14.7 Å². The summed E-state index contributed by atoms with van der Waals surface area (Å²) in [7, 11) is 0. The Morgan fingerprint density at radius 1 is 1.30 bits per heavy atom. The molecule has 1 amide bonds. The number of nitrogens with one attached hydrogen (secondary N) is 1. The van der Waals surface area contributed by atoms with Crippen molar-refractivity contribution in [2.45, 2.75) is 58.4 Å². The number of rotatable bonds is 8. The first kappa shape index (κ1) is 17.0. The van der Waals surface area contributed by atoms with Crippen molar-refractivity contribution in [3.8, 4) is 0 Å². The van der Waals surface area contributed by atoms with Crippen LogP contribution in [0.1, 0.15) is 52.4 Å². The van der Waals surface area contributed by atoms with E-state index < -0.39 is 5.97 Å². The van der Waals surface area contributed by atoms with Gasteiger partial charge in [0.2, 0.25) is 5.91 Å². The molecule has 20 heavy (non-hydrogen) atoms. The first-order chi connectivity index (χ1) is 9.54. The van der Waals surface area contributed by atoms with Crippen molar-refractivity contribution in [1.82, 2.24) is 10.2 Å². The molecule has 0 bridgehead atoms. The number of likely N-dealkylation sites (tertiary alicyclic amines) is 1. The Morgan fingerprint density at radius 3 is 2.70 bits per heavy atom. The minimum atomic E-state index is -0.747. The highest BCUT2D eigenvalue weighted by molar-refractivity contribution is 5.78. The average molecular weight is 284 g/mol. The molecule has 1 fully saturated rings. The van der Waals surface area contributed by atoms with Gasteiger partial charge < -0.3 is 10.4 Å². The van der Waals surface area contributed by atoms with Crippen molar-refractivity contribution in [2.75, 3.05) is 19.6 Å². The number of piperidine rings is 1. The Bertz CT molecular complexity index is 320. The van der Waals surface area contributed by atoms with Gasteiger partial charge in [0, 0.05) is 25.6 Å². The summed E-state index contributed by atoms with van der Waals surface area (Å²) in [4.78, 5) is 24.9. The summed E-state index contributed by atoms with van der Waals surface area (Å²) < 4.78 is 0. The van der Waals surface area contributed by atoms with Gasteiger partial charge in [0.25, 0.3) is 0 Å². The third-order valence-corrected chi connectivity index (χ3v) is 4.05. The summed E-state index contributed by atoms with van der Waals surface area (Å²) in [6, 6.07) is 0.448. The molecule has 1 heterocycles. The lowest BCUT2D eigenvalue weighted by Gasteiger charge is -2.37. The molecule has 2 N–H and O–H groups in total. The first-order valence-corrected chi connectivity index (χ1v) is 7.78. The Labute approximate surface area is 121 Å². The number of carboxylic acid groups (broad SMARTS) is 1. The van der Waals surface area contributed by atoms with E-state index in [9.17, 15) is 9.59 Å². The van der Waals surface area contributed by atoms with Crippen LogP contribution in [0.3, 0.4) is 0 Å². The minimum absolute atomic E-state index is 0.0629. The number of aliphatic carboxylic acids is 1. The lowest BCUT2D eigenvalue weighted by molar-refractivity contribution is -0.137. The van der Waals surface area contributed by atoms with Crippen LogP contribution in [0.25, 0.3) is 0 Å². The Kier molecular flexibility index (Phi) is 7.59. The van der Waals surface area contributed by atoms with Crippen molar-refractivity contribution in [2.24, 2.45) is 5.92 Å². The lowest BCUT2D eigenvalue weighted by atomic mass is 9.92. The van der Waals surface area contributed by atoms with E-state index in [1.54, 1.807) is 0 Å². The molecule has 0 spiro atoms. The molecule has 116 valence electrons. The van der Waals surface area contributed by atoms with Crippen LogP contribution in [0.4, 0.5) is 0 Å². The predicted molar refractivity (Wildman–Crippen MR) is 78.5 cm³/mol. The number of nitrogens with zero attached hydrogens (tertiary/aromatic N) is 1. The third kappa shape index (κ3) is 5.90. The quantitative estimate of drug-likeness (QED) is 0.668. The van der Waals surface area contributed by atoms with E-state index >= 15 is 0 Å². The van der Waals surface area contributed by atoms with Crippen molar-refractivity contribution >= 4 is 11.9 Å². The smallest absolute Gasteiger partial charge is 0.303 e. The van der Waals surface area contributed by atoms with Crippen LogP contribution in [0, 0.1) is 5.92 Å². The predicted octanol–water partition coefficient (Wildman–Crippen LogP) is 1.87. The van der Waals surface area contributed by atoms with Crippen LogP contribution >= 0.6 is 0 Å². The zero-order valence-electron chi connectivity index (χ0n) is 12.7. The van der Waals surface area contributed by atoms with Gasteiger partial charge in [-0.2, -0.15) is 0 Å². The molecule has 0 aromatic rings. The molecule has 5 nitrogen and oxygen atoms in total. The molecule has 1 aliphatic rings. The molecular formula is C15H28N2O3. The maximum Gasteiger partial charge on any atom is 0.303 e. The van der Waals surface area contributed by atoms with E-state index in [1.807, 2.05) is 0 Å². The molecule has 0 saturated carbocycles. The zero-order chi connectivity index (χ0) is 15.0. The molecule has 1 saturated heterocycles. The number of carbonyl (C=O) groups excluding carboxylic acids is 1. The number of hydrogen-bond donors (Lipinski definition) is 2. The Morgan fingerprint density at radius 2 is 2.05 bits per heavy atom. The molecule has 0 aromatic carbocycles. The van der Waals surface area contributed by atoms with Gasteiger partial charge in [-0.25, -0.2) is 0 Å². The SMILES string of the molecule is CCCCNC(=O)[C@H]1CC[C@H](C)N(CCCC(=O)O)C1. The fraction of sp³-hybridized carbons (Fsp3) is 0.867. The lowest BCUT2D eigenvalue weighted by Crippen LogP contribution is -2.47. The fourth-order valence-electron chi connectivity index (χ4n) is 2.67. The standard InChI is InChI=1S/C15H28N2O3/c1-3-4-9-16-15(20)13-8-7-12(2)17(11-13)10-5-6-14(18)19/h12-13H,3-11H2,1-2H3,(H,16,20)(H,18,19)/t12-,13-/m0/s1. The number of carboxylic acids is 1. The van der Waals surface area contributed by atoms with Gasteiger partial charge in [0.05, 0.1) is 5.92 Å². The van der Waals surface area contributed by atoms with Gasteiger partial charge in [-0.05, 0) is 39.2 Å². The summed E-state index contributed by atoms with van der Waals surface area (Å²) in [5.74, 6) is -0.523. The highest BCUT2D eigenvalue weighted by Gasteiger charge is 2.29. The van der Waals surface area contributed by atoms with E-state index in [0.717, 1.165) is 45.3 Å². The monoisotopic (exact) mass is 284 g/mol. The topological polar surface area (TPSA) is 69.6 Å². The van der Waals surface area contributed by atoms with Crippen LogP contribution in [0.2, 0.25) is 0 Å². The largest absolute Gasteiger partial charge is 0.481 e. The average Bonchev–Trinajstić information content (AvgIpc) is 2.40. The van der Waals surface area contributed by atoms with Crippen LogP contribution in [0.5, 0.6) is 0 Å². The second-order valence-electron chi connectivity index (χ2n) is 5.76. The number of amides is 1. The Balaban J connectivity index is 2.36. The normalized spacial score (nSPS) is 23.5. The van der Waals surface area contributed by atoms with Gasteiger partial charge in [0.15, 0.2) is 0 Å². The second kappa shape index (κ2) is 8.95. The molecule has 1 rings (SSSR count). The van der Waals surface area contributed by atoms with Gasteiger partial charge >= 0.3 is 5.97 Å². The number of unbranched alkanes of at least 4 members (excludes halogenated alkanes) is 1. The minimum Gasteiger partial charge on any atom is -0.481 e. The second-order valence-corrected chi connectivity index (χ2v) is 5.76. The molecule has 0 aliphatic carbocycles. The Hall–Kier alpha value is -1.10. The van der Waals surface area contributed by atoms with E-state index in [4.69, 9.17) is 5.11 Å². The number of hydrogen-bond acceptors (Lipinski definition) is 3. The van der Waals surface area contributed by atoms with Gasteiger partial charge in [0.1, 0.15) is 0 Å². The molecule has 0 radical (unpaired) electrons. The van der Waals surface area contributed by atoms with E-state index in [-0.39, 0.29) is 18.2 Å². The van der Waals surface area contributed by atoms with Gasteiger partial charge in [-0.3, -0.25) is 14.5 Å². The van der Waals surface area contributed by atoms with Crippen LogP contribution in [-0.2, 0) is 9.59 Å². The molecule has 0 unspecified atom stereocenters. The van der Waals surface area contributed by atoms with E-state index in [1.165, 1.54) is 0 Å². The summed E-state index contributed by atoms with van der Waals surface area (Å²) in [6.07, 6.45) is 4.93. The summed E-state index contributed by atoms with van der Waals surface area (Å²) >= 11 is 0. The first-order valence-electron chi connectivity index (χ1n) is 7.78. The maximum absolute atomic E-state index is 12.1. The summed E-state index contributed by atoms with van der Waals surface area (Å²) in [5.41, 5.74) is 0. The van der Waals surface area contributed by atoms with Gasteiger partial charge in [-0.15, -0.1) is 0 Å². The summed E-state index contributed by atoms with van der Waals surface area (Å²) in [6.45, 7) is 6.57. The fourth-order valence-corrected chi connectivity index (χ4v) is 2.67. The summed E-state index contributed by atoms with van der Waals surface area (Å²) in [5, 5.41) is 11.7. The molecule has 0 aromatic heterocycles. The highest BCUT2D eigenvalue weighted by atomic mass is 16.4. The van der Waals surface area contributed by atoms with Gasteiger partial charge in [-0.1, -0.05) is 13.3 Å². The van der Waals surface area contributed by atoms with Crippen molar-refractivity contribution in [3.05, 3.63) is 0 Å². The zero-order valence-corrected chi connectivity index (χ0v) is 12.7. The highest BCUT2D eigenvalue weighted by Crippen LogP contribution is 2.22. The molecular weight excluding hydrogens is 256 g/mol. The van der Waals surface area contributed by atoms with Crippen molar-refractivity contribution in [1.29, 1.82) is 0 Å².